The largest absolute Gasteiger partial charge is 0.484 e. The van der Waals surface area contributed by atoms with Gasteiger partial charge in [0.15, 0.2) is 6.61 Å². The van der Waals surface area contributed by atoms with E-state index in [1.54, 1.807) is 11.8 Å². The smallest absolute Gasteiger partial charge is 0.258 e. The summed E-state index contributed by atoms with van der Waals surface area (Å²) < 4.78 is 5.40. The van der Waals surface area contributed by atoms with Gasteiger partial charge >= 0.3 is 0 Å². The number of nitrogens with zero attached hydrogens (tertiary/aromatic N) is 1. The highest BCUT2D eigenvalue weighted by Crippen LogP contribution is 2.10. The number of carbonyl (C=O) groups excluding carboxylic acids is 2. The number of hydrogen-bond donors (Lipinski definition) is 1. The average Bonchev–Trinajstić information content (AvgIpc) is 2.50. The first-order valence-electron chi connectivity index (χ1n) is 7.67. The summed E-state index contributed by atoms with van der Waals surface area (Å²) in [6, 6.07) is 7.72. The molecule has 1 aromatic carbocycles. The van der Waals surface area contributed by atoms with E-state index in [4.69, 9.17) is 4.74 Å². The summed E-state index contributed by atoms with van der Waals surface area (Å²) in [6.07, 6.45) is 0.893. The second-order valence-corrected chi connectivity index (χ2v) is 5.42. The van der Waals surface area contributed by atoms with Gasteiger partial charge in [0, 0.05) is 26.1 Å². The molecule has 0 aliphatic heterocycles. The molecule has 0 bridgehead atoms. The fourth-order valence-electron chi connectivity index (χ4n) is 2.06. The van der Waals surface area contributed by atoms with E-state index in [1.165, 1.54) is 0 Å². The number of benzene rings is 1. The van der Waals surface area contributed by atoms with Gasteiger partial charge in [-0.25, -0.2) is 0 Å². The molecule has 1 unspecified atom stereocenters. The fraction of sp³-hybridized carbons (Fsp3) is 0.529. The molecule has 1 atom stereocenters. The van der Waals surface area contributed by atoms with Crippen LogP contribution in [0.15, 0.2) is 24.3 Å². The number of nitrogens with one attached hydrogen (secondary N) is 1. The van der Waals surface area contributed by atoms with Gasteiger partial charge in [-0.05, 0) is 32.4 Å². The van der Waals surface area contributed by atoms with Crippen LogP contribution in [0.1, 0.15) is 32.8 Å². The quantitative estimate of drug-likeness (QED) is 0.800. The Hall–Kier alpha value is -2.04. The zero-order valence-corrected chi connectivity index (χ0v) is 13.9. The summed E-state index contributed by atoms with van der Waals surface area (Å²) in [4.78, 5) is 25.0. The van der Waals surface area contributed by atoms with Crippen molar-refractivity contribution in [3.05, 3.63) is 29.8 Å². The van der Waals surface area contributed by atoms with Crippen molar-refractivity contribution < 1.29 is 14.3 Å². The Morgan fingerprint density at radius 1 is 1.27 bits per heavy atom. The van der Waals surface area contributed by atoms with Gasteiger partial charge in [-0.1, -0.05) is 24.6 Å². The SMILES string of the molecule is CCC(C)N(CCNC(=O)COc1ccc(C)cc1)C(C)=O. The molecule has 0 fully saturated rings. The summed E-state index contributed by atoms with van der Waals surface area (Å²) in [6.45, 7) is 8.51. The number of carbonyl (C=O) groups is 2. The second-order valence-electron chi connectivity index (χ2n) is 5.42. The van der Waals surface area contributed by atoms with Crippen LogP contribution in [0.5, 0.6) is 5.75 Å². The third-order valence-corrected chi connectivity index (χ3v) is 3.59. The molecule has 0 aliphatic carbocycles. The van der Waals surface area contributed by atoms with E-state index in [0.29, 0.717) is 18.8 Å². The second kappa shape index (κ2) is 9.07. The predicted molar refractivity (Wildman–Crippen MR) is 86.8 cm³/mol. The number of aryl methyl sites for hydroxylation is 1. The minimum atomic E-state index is -0.187. The lowest BCUT2D eigenvalue weighted by Gasteiger charge is -2.27. The van der Waals surface area contributed by atoms with Gasteiger partial charge in [0.2, 0.25) is 5.91 Å². The van der Waals surface area contributed by atoms with Crippen molar-refractivity contribution >= 4 is 11.8 Å². The van der Waals surface area contributed by atoms with Gasteiger partial charge < -0.3 is 15.0 Å². The van der Waals surface area contributed by atoms with Crippen molar-refractivity contribution in [1.82, 2.24) is 10.2 Å². The predicted octanol–water partition coefficient (Wildman–Crippen LogP) is 2.14. The molecule has 0 saturated carbocycles. The van der Waals surface area contributed by atoms with Gasteiger partial charge in [-0.15, -0.1) is 0 Å². The molecule has 0 saturated heterocycles. The summed E-state index contributed by atoms with van der Waals surface area (Å²) in [5.41, 5.74) is 1.14. The number of rotatable bonds is 8. The van der Waals surface area contributed by atoms with E-state index in [-0.39, 0.29) is 24.5 Å². The van der Waals surface area contributed by atoms with E-state index in [1.807, 2.05) is 45.0 Å². The molecule has 0 aliphatic rings. The number of amides is 2. The van der Waals surface area contributed by atoms with Crippen molar-refractivity contribution in [2.75, 3.05) is 19.7 Å². The van der Waals surface area contributed by atoms with Gasteiger partial charge in [0.1, 0.15) is 5.75 Å². The molecular weight excluding hydrogens is 280 g/mol. The molecule has 5 nitrogen and oxygen atoms in total. The first kappa shape index (κ1) is 18.0. The highest BCUT2D eigenvalue weighted by atomic mass is 16.5. The van der Waals surface area contributed by atoms with E-state index >= 15 is 0 Å². The molecular formula is C17H26N2O3. The lowest BCUT2D eigenvalue weighted by molar-refractivity contribution is -0.131. The summed E-state index contributed by atoms with van der Waals surface area (Å²) in [5, 5.41) is 2.77. The molecule has 122 valence electrons. The molecule has 2 amide bonds. The van der Waals surface area contributed by atoms with Crippen LogP contribution >= 0.6 is 0 Å². The minimum Gasteiger partial charge on any atom is -0.484 e. The lowest BCUT2D eigenvalue weighted by Crippen LogP contribution is -2.43. The number of ether oxygens (including phenoxy) is 1. The van der Waals surface area contributed by atoms with Crippen LogP contribution in [0.4, 0.5) is 0 Å². The Balaban J connectivity index is 2.30. The maximum Gasteiger partial charge on any atom is 0.258 e. The van der Waals surface area contributed by atoms with Gasteiger partial charge in [-0.2, -0.15) is 0 Å². The molecule has 22 heavy (non-hydrogen) atoms. The van der Waals surface area contributed by atoms with Crippen LogP contribution < -0.4 is 10.1 Å². The Kier molecular flexibility index (Phi) is 7.43. The van der Waals surface area contributed by atoms with Crippen LogP contribution in [0.25, 0.3) is 0 Å². The highest BCUT2D eigenvalue weighted by Gasteiger charge is 2.14. The fourth-order valence-corrected chi connectivity index (χ4v) is 2.06. The van der Waals surface area contributed by atoms with Crippen molar-refractivity contribution in [2.24, 2.45) is 0 Å². The first-order chi connectivity index (χ1) is 10.4. The van der Waals surface area contributed by atoms with E-state index in [0.717, 1.165) is 12.0 Å². The van der Waals surface area contributed by atoms with Crippen molar-refractivity contribution in [1.29, 1.82) is 0 Å². The standard InChI is InChI=1S/C17H26N2O3/c1-5-14(3)19(15(4)20)11-10-18-17(21)12-22-16-8-6-13(2)7-9-16/h6-9,14H,5,10-12H2,1-4H3,(H,18,21). The average molecular weight is 306 g/mol. The van der Waals surface area contributed by atoms with Gasteiger partial charge in [0.25, 0.3) is 5.91 Å². The highest BCUT2D eigenvalue weighted by molar-refractivity contribution is 5.77. The summed E-state index contributed by atoms with van der Waals surface area (Å²) in [5.74, 6) is 0.512. The normalized spacial score (nSPS) is 11.6. The molecule has 0 radical (unpaired) electrons. The Morgan fingerprint density at radius 3 is 2.45 bits per heavy atom. The van der Waals surface area contributed by atoms with Crippen LogP contribution in [-0.2, 0) is 9.59 Å². The molecule has 5 heteroatoms. The topological polar surface area (TPSA) is 58.6 Å². The molecule has 1 rings (SSSR count). The maximum atomic E-state index is 11.7. The van der Waals surface area contributed by atoms with E-state index in [9.17, 15) is 9.59 Å². The molecule has 1 N–H and O–H groups in total. The Bertz CT molecular complexity index is 485. The zero-order chi connectivity index (χ0) is 16.5. The van der Waals surface area contributed by atoms with Gasteiger partial charge in [-0.3, -0.25) is 9.59 Å². The summed E-state index contributed by atoms with van der Waals surface area (Å²) >= 11 is 0. The van der Waals surface area contributed by atoms with Crippen molar-refractivity contribution in [3.8, 4) is 5.75 Å². The first-order valence-corrected chi connectivity index (χ1v) is 7.67. The van der Waals surface area contributed by atoms with E-state index in [2.05, 4.69) is 5.32 Å². The third-order valence-electron chi connectivity index (χ3n) is 3.59. The van der Waals surface area contributed by atoms with Crippen LogP contribution in [0, 0.1) is 6.92 Å². The van der Waals surface area contributed by atoms with Crippen LogP contribution in [-0.4, -0.2) is 42.5 Å². The monoisotopic (exact) mass is 306 g/mol. The van der Waals surface area contributed by atoms with Crippen LogP contribution in [0.3, 0.4) is 0 Å². The number of hydrogen-bond acceptors (Lipinski definition) is 3. The third kappa shape index (κ3) is 6.16. The Morgan fingerprint density at radius 2 is 1.91 bits per heavy atom. The molecule has 1 aromatic rings. The maximum absolute atomic E-state index is 11.7. The lowest BCUT2D eigenvalue weighted by atomic mass is 10.2. The van der Waals surface area contributed by atoms with Crippen LogP contribution in [0.2, 0.25) is 0 Å². The molecule has 0 heterocycles. The van der Waals surface area contributed by atoms with Gasteiger partial charge in [0.05, 0.1) is 0 Å². The molecule has 0 aromatic heterocycles. The van der Waals surface area contributed by atoms with Crippen molar-refractivity contribution in [2.45, 2.75) is 40.2 Å². The van der Waals surface area contributed by atoms with E-state index < -0.39 is 0 Å². The van der Waals surface area contributed by atoms with Crippen molar-refractivity contribution in [3.63, 3.8) is 0 Å². The minimum absolute atomic E-state index is 0.0214. The zero-order valence-electron chi connectivity index (χ0n) is 13.9. The molecule has 0 spiro atoms. The Labute approximate surface area is 132 Å². The summed E-state index contributed by atoms with van der Waals surface area (Å²) in [7, 11) is 0.